The van der Waals surface area contributed by atoms with E-state index in [2.05, 4.69) is 58.0 Å². The maximum atomic E-state index is 6.45. The van der Waals surface area contributed by atoms with E-state index < -0.39 is 5.79 Å². The van der Waals surface area contributed by atoms with Crippen molar-refractivity contribution in [1.82, 2.24) is 0 Å². The Morgan fingerprint density at radius 3 is 2.12 bits per heavy atom. The molecule has 1 rings (SSSR count). The molecule has 0 N–H and O–H groups in total. The molecule has 2 atom stereocenters. The first-order valence-corrected chi connectivity index (χ1v) is 11.0. The van der Waals surface area contributed by atoms with Crippen LogP contribution in [0, 0.1) is 5.92 Å². The van der Waals surface area contributed by atoms with Crippen molar-refractivity contribution >= 4 is 0 Å². The van der Waals surface area contributed by atoms with Gasteiger partial charge in [0.25, 0.3) is 0 Å². The average molecular weight is 363 g/mol. The summed E-state index contributed by atoms with van der Waals surface area (Å²) in [4.78, 5) is 0. The number of unbranched alkanes of at least 4 members (excludes halogenated alkanes) is 5. The second kappa shape index (κ2) is 14.2. The van der Waals surface area contributed by atoms with E-state index in [1.807, 2.05) is 0 Å². The normalized spacial score (nSPS) is 14.9. The third-order valence-electron chi connectivity index (χ3n) is 5.25. The summed E-state index contributed by atoms with van der Waals surface area (Å²) in [5, 5.41) is 0. The lowest BCUT2D eigenvalue weighted by Crippen LogP contribution is -2.46. The highest BCUT2D eigenvalue weighted by Gasteiger charge is 2.39. The Labute approximate surface area is 162 Å². The zero-order valence-electron chi connectivity index (χ0n) is 17.8. The van der Waals surface area contributed by atoms with Gasteiger partial charge >= 0.3 is 0 Å². The van der Waals surface area contributed by atoms with Crippen LogP contribution in [0.2, 0.25) is 0 Å². The van der Waals surface area contributed by atoms with E-state index in [1.54, 1.807) is 0 Å². The molecule has 0 aliphatic heterocycles. The van der Waals surface area contributed by atoms with Crippen molar-refractivity contribution in [1.29, 1.82) is 0 Å². The molecule has 150 valence electrons. The molecule has 0 amide bonds. The fraction of sp³-hybridized carbons (Fsp3) is 0.750. The Kier molecular flexibility index (Phi) is 12.7. The third-order valence-corrected chi connectivity index (χ3v) is 5.25. The Morgan fingerprint density at radius 1 is 0.808 bits per heavy atom. The van der Waals surface area contributed by atoms with Gasteiger partial charge in [-0.3, -0.25) is 0 Å². The van der Waals surface area contributed by atoms with Crippen molar-refractivity contribution in [3.63, 3.8) is 0 Å². The number of hydrogen-bond acceptors (Lipinski definition) is 2. The van der Waals surface area contributed by atoms with Gasteiger partial charge in [-0.05, 0) is 31.7 Å². The zero-order valence-corrected chi connectivity index (χ0v) is 17.8. The first-order valence-electron chi connectivity index (χ1n) is 11.0. The highest BCUT2D eigenvalue weighted by Crippen LogP contribution is 2.35. The van der Waals surface area contributed by atoms with Crippen molar-refractivity contribution in [3.8, 4) is 0 Å². The van der Waals surface area contributed by atoms with Crippen LogP contribution in [-0.4, -0.2) is 19.0 Å². The van der Waals surface area contributed by atoms with E-state index in [9.17, 15) is 0 Å². The molecule has 0 saturated carbocycles. The van der Waals surface area contributed by atoms with Gasteiger partial charge in [-0.2, -0.15) is 0 Å². The molecule has 1 aromatic rings. The lowest BCUT2D eigenvalue weighted by molar-refractivity contribution is -0.267. The molecule has 0 saturated heterocycles. The quantitative estimate of drug-likeness (QED) is 0.229. The van der Waals surface area contributed by atoms with Crippen LogP contribution in [0.25, 0.3) is 0 Å². The highest BCUT2D eigenvalue weighted by molar-refractivity contribution is 5.16. The summed E-state index contributed by atoms with van der Waals surface area (Å²) in [6, 6.07) is 10.7. The summed E-state index contributed by atoms with van der Waals surface area (Å²) in [6.45, 7) is 10.3. The Balaban J connectivity index is 2.80. The van der Waals surface area contributed by atoms with Crippen LogP contribution in [0.4, 0.5) is 0 Å². The van der Waals surface area contributed by atoms with Crippen molar-refractivity contribution in [2.45, 2.75) is 97.7 Å². The summed E-state index contributed by atoms with van der Waals surface area (Å²) in [6.07, 6.45) is 12.2. The number of ether oxygens (including phenoxy) is 2. The zero-order chi connectivity index (χ0) is 19.1. The topological polar surface area (TPSA) is 18.5 Å². The van der Waals surface area contributed by atoms with E-state index >= 15 is 0 Å². The minimum atomic E-state index is -0.482. The number of hydrogen-bond donors (Lipinski definition) is 0. The molecule has 0 aliphatic carbocycles. The highest BCUT2D eigenvalue weighted by atomic mass is 16.7. The predicted molar refractivity (Wildman–Crippen MR) is 113 cm³/mol. The SMILES string of the molecule is CCCCCCCCC(CC)C(Cc1ccccc1)(OCC)OCCC. The number of benzene rings is 1. The second-order valence-electron chi connectivity index (χ2n) is 7.42. The fourth-order valence-corrected chi connectivity index (χ4v) is 3.83. The average Bonchev–Trinajstić information content (AvgIpc) is 2.66. The van der Waals surface area contributed by atoms with Crippen LogP contribution in [0.1, 0.15) is 91.0 Å². The predicted octanol–water partition coefficient (Wildman–Crippen LogP) is 7.17. The molecular weight excluding hydrogens is 320 g/mol. The Hall–Kier alpha value is -0.860. The molecule has 26 heavy (non-hydrogen) atoms. The van der Waals surface area contributed by atoms with Crippen molar-refractivity contribution in [2.75, 3.05) is 13.2 Å². The van der Waals surface area contributed by atoms with E-state index in [0.29, 0.717) is 12.5 Å². The van der Waals surface area contributed by atoms with Gasteiger partial charge in [0.05, 0.1) is 0 Å². The van der Waals surface area contributed by atoms with E-state index in [4.69, 9.17) is 9.47 Å². The molecule has 1 aromatic carbocycles. The molecule has 0 aliphatic rings. The molecule has 0 aromatic heterocycles. The molecule has 0 fully saturated rings. The lowest BCUT2D eigenvalue weighted by atomic mass is 9.85. The van der Waals surface area contributed by atoms with Gasteiger partial charge in [-0.1, -0.05) is 89.6 Å². The molecule has 0 spiro atoms. The van der Waals surface area contributed by atoms with Gasteiger partial charge in [0.2, 0.25) is 0 Å². The van der Waals surface area contributed by atoms with Gasteiger partial charge < -0.3 is 9.47 Å². The van der Waals surface area contributed by atoms with E-state index in [1.165, 1.54) is 50.5 Å². The second-order valence-corrected chi connectivity index (χ2v) is 7.42. The Morgan fingerprint density at radius 2 is 1.50 bits per heavy atom. The van der Waals surface area contributed by atoms with Gasteiger partial charge in [0.15, 0.2) is 5.79 Å². The first-order chi connectivity index (χ1) is 12.7. The fourth-order valence-electron chi connectivity index (χ4n) is 3.83. The van der Waals surface area contributed by atoms with Gasteiger partial charge in [0.1, 0.15) is 0 Å². The van der Waals surface area contributed by atoms with Crippen LogP contribution >= 0.6 is 0 Å². The summed E-state index contributed by atoms with van der Waals surface area (Å²) in [7, 11) is 0. The summed E-state index contributed by atoms with van der Waals surface area (Å²) < 4.78 is 12.8. The van der Waals surface area contributed by atoms with Crippen molar-refractivity contribution in [2.24, 2.45) is 5.92 Å². The van der Waals surface area contributed by atoms with Gasteiger partial charge in [0, 0.05) is 25.6 Å². The van der Waals surface area contributed by atoms with Crippen LogP contribution in [0.15, 0.2) is 30.3 Å². The maximum absolute atomic E-state index is 6.45. The molecule has 0 bridgehead atoms. The van der Waals surface area contributed by atoms with Crippen molar-refractivity contribution < 1.29 is 9.47 Å². The largest absolute Gasteiger partial charge is 0.350 e. The van der Waals surface area contributed by atoms with E-state index in [0.717, 1.165) is 25.9 Å². The minimum absolute atomic E-state index is 0.445. The standard InChI is InChI=1S/C24H42O2/c1-5-9-10-11-12-16-19-23(7-3)24(25-8-4,26-20-6-2)21-22-17-14-13-15-18-22/h13-15,17-18,23H,5-12,16,19-21H2,1-4H3. The summed E-state index contributed by atoms with van der Waals surface area (Å²) >= 11 is 0. The molecular formula is C24H42O2. The first kappa shape index (κ1) is 23.2. The monoisotopic (exact) mass is 362 g/mol. The summed E-state index contributed by atoms with van der Waals surface area (Å²) in [5.74, 6) is -0.0371. The van der Waals surface area contributed by atoms with Crippen LogP contribution in [0.5, 0.6) is 0 Å². The smallest absolute Gasteiger partial charge is 0.174 e. The molecule has 2 unspecified atom stereocenters. The minimum Gasteiger partial charge on any atom is -0.350 e. The maximum Gasteiger partial charge on any atom is 0.174 e. The van der Waals surface area contributed by atoms with Gasteiger partial charge in [-0.25, -0.2) is 0 Å². The van der Waals surface area contributed by atoms with Crippen LogP contribution < -0.4 is 0 Å². The number of rotatable bonds is 16. The van der Waals surface area contributed by atoms with Gasteiger partial charge in [-0.15, -0.1) is 0 Å². The molecule has 0 radical (unpaired) electrons. The summed E-state index contributed by atoms with van der Waals surface area (Å²) in [5.41, 5.74) is 1.30. The molecule has 2 heteroatoms. The van der Waals surface area contributed by atoms with E-state index in [-0.39, 0.29) is 0 Å². The lowest BCUT2D eigenvalue weighted by Gasteiger charge is -2.40. The Bertz CT molecular complexity index is 431. The van der Waals surface area contributed by atoms with Crippen LogP contribution in [-0.2, 0) is 15.9 Å². The molecule has 2 nitrogen and oxygen atoms in total. The van der Waals surface area contributed by atoms with Crippen molar-refractivity contribution in [3.05, 3.63) is 35.9 Å². The van der Waals surface area contributed by atoms with Crippen LogP contribution in [0.3, 0.4) is 0 Å². The molecule has 0 heterocycles. The third kappa shape index (κ3) is 8.22.